The molecular weight excluding hydrogens is 674 g/mol. The number of nitrogens with one attached hydrogen (secondary N) is 3. The van der Waals surface area contributed by atoms with E-state index in [0.29, 0.717) is 48.7 Å². The number of halogens is 2. The third kappa shape index (κ3) is 8.22. The zero-order valence-electron chi connectivity index (χ0n) is 28.2. The van der Waals surface area contributed by atoms with Gasteiger partial charge >= 0.3 is 16.3 Å². The molecule has 2 amide bonds. The van der Waals surface area contributed by atoms with E-state index in [2.05, 4.69) is 30.0 Å². The van der Waals surface area contributed by atoms with E-state index in [4.69, 9.17) is 4.74 Å². The Bertz CT molecular complexity index is 2020. The van der Waals surface area contributed by atoms with Gasteiger partial charge in [-0.25, -0.2) is 28.5 Å². The molecule has 50 heavy (non-hydrogen) atoms. The Morgan fingerprint density at radius 2 is 1.72 bits per heavy atom. The molecule has 0 unspecified atom stereocenters. The first-order valence-corrected chi connectivity index (χ1v) is 17.3. The van der Waals surface area contributed by atoms with Gasteiger partial charge in [0.25, 0.3) is 0 Å². The van der Waals surface area contributed by atoms with Crippen LogP contribution in [0.2, 0.25) is 0 Å². The molecule has 0 spiro atoms. The molecule has 3 aromatic heterocycles. The van der Waals surface area contributed by atoms with Crippen molar-refractivity contribution in [2.45, 2.75) is 52.6 Å². The van der Waals surface area contributed by atoms with Crippen molar-refractivity contribution in [3.63, 3.8) is 0 Å². The fraction of sp³-hybridized carbons (Fsp3) is 0.394. The van der Waals surface area contributed by atoms with Gasteiger partial charge in [0.2, 0.25) is 17.6 Å². The number of fused-ring (bicyclic) bond motifs is 1. The van der Waals surface area contributed by atoms with Crippen LogP contribution in [0.1, 0.15) is 62.9 Å². The van der Waals surface area contributed by atoms with E-state index in [-0.39, 0.29) is 35.7 Å². The largest absolute Gasteiger partial charge is 0.444 e. The molecule has 0 bridgehead atoms. The molecular formula is C33H38F2N8O6S. The number of piperidine rings is 1. The molecule has 1 aliphatic rings. The fourth-order valence-electron chi connectivity index (χ4n) is 5.41. The fourth-order valence-corrected chi connectivity index (χ4v) is 6.34. The lowest BCUT2D eigenvalue weighted by Gasteiger charge is -2.31. The Kier molecular flexibility index (Phi) is 10.5. The summed E-state index contributed by atoms with van der Waals surface area (Å²) >= 11 is 0. The van der Waals surface area contributed by atoms with Gasteiger partial charge in [-0.15, -0.1) is 0 Å². The highest BCUT2D eigenvalue weighted by Gasteiger charge is 2.28. The number of benzene rings is 1. The topological polar surface area (TPSA) is 180 Å². The Balaban J connectivity index is 1.27. The van der Waals surface area contributed by atoms with Crippen LogP contribution in [0, 0.1) is 17.6 Å². The molecule has 0 aliphatic carbocycles. The zero-order valence-corrected chi connectivity index (χ0v) is 29.0. The summed E-state index contributed by atoms with van der Waals surface area (Å²) < 4.78 is 63.5. The summed E-state index contributed by atoms with van der Waals surface area (Å²) in [6.07, 6.45) is 6.86. The summed E-state index contributed by atoms with van der Waals surface area (Å²) in [6, 6.07) is 3.36. The van der Waals surface area contributed by atoms with Crippen molar-refractivity contribution in [1.29, 1.82) is 0 Å². The van der Waals surface area contributed by atoms with E-state index >= 15 is 4.39 Å². The quantitative estimate of drug-likeness (QED) is 0.194. The standard InChI is InChI=1S/C33H38F2N8O6S/c1-6-42(5)50(47,48)41-25-8-7-24(34)27(28(25)35)29(45)23-18-37-30-22(23)14-20(15-36-30)21-16-38-31(39-17-21)43-11-9-19(10-12-43)13-26(44)40-32(46)49-33(2,3)4/h7-8,14-19,41H,6,9-13H2,1-5H3,(H,36,37)(H,40,44,46). The molecule has 266 valence electrons. The van der Waals surface area contributed by atoms with Crippen molar-refractivity contribution in [2.24, 2.45) is 5.92 Å². The highest BCUT2D eigenvalue weighted by atomic mass is 32.2. The summed E-state index contributed by atoms with van der Waals surface area (Å²) in [6.45, 7) is 8.06. The molecule has 4 aromatic rings. The van der Waals surface area contributed by atoms with E-state index in [1.54, 1.807) is 52.4 Å². The summed E-state index contributed by atoms with van der Waals surface area (Å²) in [7, 11) is -2.85. The van der Waals surface area contributed by atoms with Crippen LogP contribution in [0.25, 0.3) is 22.2 Å². The number of imide groups is 1. The highest BCUT2D eigenvalue weighted by Crippen LogP contribution is 2.30. The van der Waals surface area contributed by atoms with E-state index in [1.807, 2.05) is 4.90 Å². The summed E-state index contributed by atoms with van der Waals surface area (Å²) in [4.78, 5) is 55.9. The van der Waals surface area contributed by atoms with Crippen LogP contribution in [0.15, 0.2) is 43.0 Å². The van der Waals surface area contributed by atoms with E-state index in [1.165, 1.54) is 13.2 Å². The molecule has 5 rings (SSSR count). The lowest BCUT2D eigenvalue weighted by molar-refractivity contribution is -0.121. The molecule has 1 aromatic carbocycles. The Labute approximate surface area is 287 Å². The minimum atomic E-state index is -4.14. The van der Waals surface area contributed by atoms with Crippen LogP contribution in [0.5, 0.6) is 0 Å². The zero-order chi connectivity index (χ0) is 36.4. The van der Waals surface area contributed by atoms with Crippen LogP contribution < -0.4 is 14.9 Å². The van der Waals surface area contributed by atoms with Gasteiger partial charge in [0.1, 0.15) is 17.1 Å². The van der Waals surface area contributed by atoms with E-state index in [9.17, 15) is 27.2 Å². The maximum absolute atomic E-state index is 15.5. The number of aromatic nitrogens is 4. The van der Waals surface area contributed by atoms with Gasteiger partial charge in [0, 0.05) is 80.0 Å². The first kappa shape index (κ1) is 36.3. The second kappa shape index (κ2) is 14.4. The Morgan fingerprint density at radius 3 is 2.36 bits per heavy atom. The maximum Gasteiger partial charge on any atom is 0.414 e. The third-order valence-electron chi connectivity index (χ3n) is 8.17. The van der Waals surface area contributed by atoms with Crippen LogP contribution in [0.4, 0.5) is 25.2 Å². The minimum absolute atomic E-state index is 0.0713. The average molecular weight is 713 g/mol. The molecule has 3 N–H and O–H groups in total. The van der Waals surface area contributed by atoms with E-state index < -0.39 is 50.6 Å². The Morgan fingerprint density at radius 1 is 1.06 bits per heavy atom. The van der Waals surface area contributed by atoms with E-state index in [0.717, 1.165) is 16.4 Å². The minimum Gasteiger partial charge on any atom is -0.444 e. The number of ketones is 1. The molecule has 4 heterocycles. The lowest BCUT2D eigenvalue weighted by Crippen LogP contribution is -2.39. The second-order valence-electron chi connectivity index (χ2n) is 12.9. The van der Waals surface area contributed by atoms with Crippen molar-refractivity contribution >= 4 is 50.7 Å². The number of pyridine rings is 1. The number of carbonyl (C=O) groups excluding carboxylic acids is 3. The second-order valence-corrected chi connectivity index (χ2v) is 14.7. The number of carbonyl (C=O) groups is 3. The molecule has 0 saturated carbocycles. The predicted molar refractivity (Wildman–Crippen MR) is 182 cm³/mol. The lowest BCUT2D eigenvalue weighted by atomic mass is 9.93. The van der Waals surface area contributed by atoms with Crippen LogP contribution in [0.3, 0.4) is 0 Å². The number of alkyl carbamates (subject to hydrolysis) is 1. The first-order chi connectivity index (χ1) is 23.6. The molecule has 1 saturated heterocycles. The molecule has 0 atom stereocenters. The van der Waals surface area contributed by atoms with Crippen LogP contribution in [-0.2, 0) is 19.7 Å². The first-order valence-electron chi connectivity index (χ1n) is 15.9. The van der Waals surface area contributed by atoms with Gasteiger partial charge in [-0.05, 0) is 57.7 Å². The predicted octanol–water partition coefficient (Wildman–Crippen LogP) is 4.80. The number of H-pyrrole nitrogens is 1. The van der Waals surface area contributed by atoms with Crippen molar-refractivity contribution in [2.75, 3.05) is 36.3 Å². The smallest absolute Gasteiger partial charge is 0.414 e. The average Bonchev–Trinajstić information content (AvgIpc) is 3.48. The maximum atomic E-state index is 15.5. The Hall–Kier alpha value is -5.03. The number of amides is 2. The number of anilines is 2. The van der Waals surface area contributed by atoms with Crippen molar-refractivity contribution in [3.05, 3.63) is 65.7 Å². The number of hydrogen-bond acceptors (Lipinski definition) is 10. The molecule has 17 heteroatoms. The summed E-state index contributed by atoms with van der Waals surface area (Å²) in [5, 5.41) is 2.56. The van der Waals surface area contributed by atoms with Gasteiger partial charge in [-0.2, -0.15) is 12.7 Å². The van der Waals surface area contributed by atoms with Gasteiger partial charge in [0.15, 0.2) is 5.82 Å². The summed E-state index contributed by atoms with van der Waals surface area (Å²) in [5.41, 5.74) is -0.859. The normalized spacial score (nSPS) is 14.2. The molecule has 14 nitrogen and oxygen atoms in total. The van der Waals surface area contributed by atoms with Gasteiger partial charge < -0.3 is 14.6 Å². The molecule has 1 fully saturated rings. The van der Waals surface area contributed by atoms with Crippen LogP contribution >= 0.6 is 0 Å². The monoisotopic (exact) mass is 712 g/mol. The number of nitrogens with zero attached hydrogens (tertiary/aromatic N) is 5. The van der Waals surface area contributed by atoms with Crippen LogP contribution in [-0.4, -0.2) is 82.7 Å². The van der Waals surface area contributed by atoms with Gasteiger partial charge in [-0.1, -0.05) is 6.92 Å². The van der Waals surface area contributed by atoms with Crippen molar-refractivity contribution in [1.82, 2.24) is 29.6 Å². The number of hydrogen-bond donors (Lipinski definition) is 3. The molecule has 0 radical (unpaired) electrons. The van der Waals surface area contributed by atoms with Crippen molar-refractivity contribution < 1.29 is 36.3 Å². The van der Waals surface area contributed by atoms with Gasteiger partial charge in [-0.3, -0.25) is 19.6 Å². The third-order valence-corrected chi connectivity index (χ3v) is 9.73. The summed E-state index contributed by atoms with van der Waals surface area (Å²) in [5.74, 6) is -3.33. The highest BCUT2D eigenvalue weighted by molar-refractivity contribution is 7.90. The number of aromatic amines is 1. The number of ether oxygens (including phenoxy) is 1. The van der Waals surface area contributed by atoms with Gasteiger partial charge in [0.05, 0.1) is 11.3 Å². The SMILES string of the molecule is CCN(C)S(=O)(=O)Nc1ccc(F)c(C(=O)c2c[nH]c3ncc(-c4cnc(N5CCC(CC(=O)NC(=O)OC(C)(C)C)CC5)nc4)cc23)c1F. The number of rotatable bonds is 10. The van der Waals surface area contributed by atoms with Crippen molar-refractivity contribution in [3.8, 4) is 11.1 Å². The molecule has 1 aliphatic heterocycles.